The third kappa shape index (κ3) is 2.71. The van der Waals surface area contributed by atoms with Crippen LogP contribution in [-0.4, -0.2) is 17.4 Å². The number of carboxylic acids is 1. The van der Waals surface area contributed by atoms with Gasteiger partial charge in [0.05, 0.1) is 9.75 Å². The van der Waals surface area contributed by atoms with Gasteiger partial charge in [-0.25, -0.2) is 0 Å². The molecule has 0 bridgehead atoms. The molecule has 72 valence electrons. The average molecular weight is 208 g/mol. The van der Waals surface area contributed by atoms with Gasteiger partial charge in [-0.15, -0.1) is 11.3 Å². The van der Waals surface area contributed by atoms with Gasteiger partial charge in [0.2, 0.25) is 0 Å². The van der Waals surface area contributed by atoms with Crippen molar-refractivity contribution < 1.29 is 14.7 Å². The molecule has 0 saturated carbocycles. The van der Waals surface area contributed by atoms with E-state index in [0.29, 0.717) is 4.88 Å². The Bertz CT molecular complexity index is 420. The molecule has 0 aliphatic carbocycles. The van der Waals surface area contributed by atoms with Gasteiger partial charge in [0.15, 0.2) is 6.29 Å². The Morgan fingerprint density at radius 3 is 2.93 bits per heavy atom. The summed E-state index contributed by atoms with van der Waals surface area (Å²) in [6.45, 7) is 1.84. The fourth-order valence-corrected chi connectivity index (χ4v) is 1.75. The Balaban J connectivity index is 2.83. The first-order chi connectivity index (χ1) is 6.63. The summed E-state index contributed by atoms with van der Waals surface area (Å²) in [6, 6.07) is 1.74. The fourth-order valence-electron chi connectivity index (χ4n) is 0.889. The minimum absolute atomic E-state index is 0.173. The molecule has 0 unspecified atom stereocenters. The fraction of sp³-hybridized carbons (Fsp3) is 0.200. The number of carboxylic acid groups (broad SMARTS) is 1. The van der Waals surface area contributed by atoms with Crippen molar-refractivity contribution in [2.75, 3.05) is 0 Å². The summed E-state index contributed by atoms with van der Waals surface area (Å²) in [7, 11) is 0. The highest BCUT2D eigenvalue weighted by atomic mass is 32.1. The molecule has 3 nitrogen and oxygen atoms in total. The van der Waals surface area contributed by atoms with E-state index >= 15 is 0 Å². The number of carbonyl (C=O) groups excluding carboxylic acids is 1. The minimum Gasteiger partial charge on any atom is -0.481 e. The summed E-state index contributed by atoms with van der Waals surface area (Å²) in [5.41, 5.74) is 0.912. The molecule has 0 fully saturated rings. The SMILES string of the molecule is Cc1cc(C=O)sc1C#CCC(=O)O. The monoisotopic (exact) mass is 208 g/mol. The van der Waals surface area contributed by atoms with Gasteiger partial charge in [-0.1, -0.05) is 11.8 Å². The normalized spacial score (nSPS) is 8.93. The van der Waals surface area contributed by atoms with Crippen molar-refractivity contribution in [3.05, 3.63) is 21.4 Å². The molecular weight excluding hydrogens is 200 g/mol. The molecule has 1 aromatic rings. The summed E-state index contributed by atoms with van der Waals surface area (Å²) < 4.78 is 0. The van der Waals surface area contributed by atoms with Crippen molar-refractivity contribution in [1.29, 1.82) is 0 Å². The predicted molar refractivity (Wildman–Crippen MR) is 53.6 cm³/mol. The highest BCUT2D eigenvalue weighted by Gasteiger charge is 2.01. The van der Waals surface area contributed by atoms with Gasteiger partial charge in [-0.3, -0.25) is 9.59 Å². The van der Waals surface area contributed by atoms with E-state index in [0.717, 1.165) is 16.7 Å². The Labute approximate surface area is 85.4 Å². The van der Waals surface area contributed by atoms with Gasteiger partial charge in [-0.05, 0) is 18.6 Å². The molecule has 1 rings (SSSR count). The van der Waals surface area contributed by atoms with E-state index in [1.165, 1.54) is 11.3 Å². The number of thiophene rings is 1. The van der Waals surface area contributed by atoms with E-state index in [2.05, 4.69) is 11.8 Å². The Kier molecular flexibility index (Phi) is 3.43. The van der Waals surface area contributed by atoms with Gasteiger partial charge in [0.1, 0.15) is 6.42 Å². The number of hydrogen-bond donors (Lipinski definition) is 1. The quantitative estimate of drug-likeness (QED) is 0.594. The van der Waals surface area contributed by atoms with Crippen LogP contribution in [-0.2, 0) is 4.79 Å². The summed E-state index contributed by atoms with van der Waals surface area (Å²) in [4.78, 5) is 22.0. The van der Waals surface area contributed by atoms with Crippen LogP contribution in [0, 0.1) is 18.8 Å². The summed E-state index contributed by atoms with van der Waals surface area (Å²) in [6.07, 6.45) is 0.591. The van der Waals surface area contributed by atoms with Crippen molar-refractivity contribution in [3.8, 4) is 11.8 Å². The molecule has 0 atom stereocenters. The summed E-state index contributed by atoms with van der Waals surface area (Å²) in [5, 5.41) is 8.36. The molecule has 4 heteroatoms. The van der Waals surface area contributed by atoms with Gasteiger partial charge in [0, 0.05) is 0 Å². The molecule has 0 saturated heterocycles. The Morgan fingerprint density at radius 1 is 1.71 bits per heavy atom. The maximum absolute atomic E-state index is 10.4. The van der Waals surface area contributed by atoms with E-state index in [1.54, 1.807) is 6.07 Å². The van der Waals surface area contributed by atoms with Gasteiger partial charge >= 0.3 is 5.97 Å². The first-order valence-corrected chi connectivity index (χ1v) is 4.71. The lowest BCUT2D eigenvalue weighted by molar-refractivity contribution is -0.135. The highest BCUT2D eigenvalue weighted by Crippen LogP contribution is 2.18. The topological polar surface area (TPSA) is 54.4 Å². The zero-order chi connectivity index (χ0) is 10.6. The van der Waals surface area contributed by atoms with Crippen LogP contribution in [0.15, 0.2) is 6.07 Å². The van der Waals surface area contributed by atoms with Crippen molar-refractivity contribution in [2.24, 2.45) is 0 Å². The van der Waals surface area contributed by atoms with Crippen LogP contribution in [0.2, 0.25) is 0 Å². The van der Waals surface area contributed by atoms with Crippen LogP contribution < -0.4 is 0 Å². The van der Waals surface area contributed by atoms with Gasteiger partial charge < -0.3 is 5.11 Å². The Hall–Kier alpha value is -1.60. The lowest BCUT2D eigenvalue weighted by atomic mass is 10.2. The first kappa shape index (κ1) is 10.5. The van der Waals surface area contributed by atoms with Crippen LogP contribution in [0.3, 0.4) is 0 Å². The maximum atomic E-state index is 10.4. The molecule has 1 N–H and O–H groups in total. The van der Waals surface area contributed by atoms with Gasteiger partial charge in [-0.2, -0.15) is 0 Å². The molecule has 0 aromatic carbocycles. The Morgan fingerprint density at radius 2 is 2.43 bits per heavy atom. The van der Waals surface area contributed by atoms with E-state index in [4.69, 9.17) is 5.11 Å². The maximum Gasteiger partial charge on any atom is 0.315 e. The highest BCUT2D eigenvalue weighted by molar-refractivity contribution is 7.14. The van der Waals surface area contributed by atoms with E-state index in [9.17, 15) is 9.59 Å². The standard InChI is InChI=1S/C10H8O3S/c1-7-5-8(6-11)14-9(7)3-2-4-10(12)13/h5-6H,4H2,1H3,(H,12,13). The second kappa shape index (κ2) is 4.58. The van der Waals surface area contributed by atoms with E-state index < -0.39 is 5.97 Å². The predicted octanol–water partition coefficient (Wildman–Crippen LogP) is 1.70. The van der Waals surface area contributed by atoms with Crippen LogP contribution in [0.1, 0.15) is 26.5 Å². The molecule has 0 spiro atoms. The number of aliphatic carboxylic acids is 1. The molecule has 0 amide bonds. The minimum atomic E-state index is -0.942. The number of carbonyl (C=O) groups is 2. The number of aryl methyl sites for hydroxylation is 1. The zero-order valence-corrected chi connectivity index (χ0v) is 8.35. The lowest BCUT2D eigenvalue weighted by Gasteiger charge is -1.83. The van der Waals surface area contributed by atoms with Crippen LogP contribution in [0.25, 0.3) is 0 Å². The summed E-state index contributed by atoms with van der Waals surface area (Å²) >= 11 is 1.28. The summed E-state index contributed by atoms with van der Waals surface area (Å²) in [5.74, 6) is 4.31. The molecular formula is C10H8O3S. The second-order valence-electron chi connectivity index (χ2n) is 2.65. The number of hydrogen-bond acceptors (Lipinski definition) is 3. The van der Waals surface area contributed by atoms with Crippen molar-refractivity contribution in [2.45, 2.75) is 13.3 Å². The second-order valence-corrected chi connectivity index (χ2v) is 3.73. The molecule has 1 aromatic heterocycles. The van der Waals surface area contributed by atoms with Crippen LogP contribution in [0.5, 0.6) is 0 Å². The molecule has 0 radical (unpaired) electrons. The van der Waals surface area contributed by atoms with Gasteiger partial charge in [0.25, 0.3) is 0 Å². The first-order valence-electron chi connectivity index (χ1n) is 3.89. The van der Waals surface area contributed by atoms with E-state index in [1.807, 2.05) is 6.92 Å². The molecule has 0 aliphatic heterocycles. The van der Waals surface area contributed by atoms with E-state index in [-0.39, 0.29) is 6.42 Å². The molecule has 1 heterocycles. The van der Waals surface area contributed by atoms with Crippen molar-refractivity contribution >= 4 is 23.6 Å². The van der Waals surface area contributed by atoms with Crippen molar-refractivity contribution in [1.82, 2.24) is 0 Å². The largest absolute Gasteiger partial charge is 0.481 e. The number of aldehydes is 1. The van der Waals surface area contributed by atoms with Crippen molar-refractivity contribution in [3.63, 3.8) is 0 Å². The van der Waals surface area contributed by atoms with Crippen LogP contribution in [0.4, 0.5) is 0 Å². The van der Waals surface area contributed by atoms with Crippen LogP contribution >= 0.6 is 11.3 Å². The third-order valence-corrected chi connectivity index (χ3v) is 2.57. The zero-order valence-electron chi connectivity index (χ0n) is 7.53. The third-order valence-electron chi connectivity index (χ3n) is 1.49. The number of rotatable bonds is 2. The molecule has 0 aliphatic rings. The molecule has 14 heavy (non-hydrogen) atoms. The smallest absolute Gasteiger partial charge is 0.315 e. The lowest BCUT2D eigenvalue weighted by Crippen LogP contribution is -1.90. The average Bonchev–Trinajstić information content (AvgIpc) is 2.47.